The Balaban J connectivity index is 1.52. The first kappa shape index (κ1) is 14.7. The first-order valence-corrected chi connectivity index (χ1v) is 8.87. The molecule has 3 aliphatic carbocycles. The van der Waals surface area contributed by atoms with Crippen LogP contribution in [0.1, 0.15) is 37.7 Å². The van der Waals surface area contributed by atoms with Gasteiger partial charge in [-0.25, -0.2) is 0 Å². The molecule has 120 valence electrons. The molecule has 2 nitrogen and oxygen atoms in total. The number of rotatable bonds is 5. The maximum atomic E-state index is 12.8. The molecule has 1 aromatic carbocycles. The second kappa shape index (κ2) is 5.67. The fourth-order valence-corrected chi connectivity index (χ4v) is 5.24. The van der Waals surface area contributed by atoms with Crippen LogP contribution in [0.4, 0.5) is 0 Å². The molecule has 4 rings (SSSR count). The molecule has 0 saturated heterocycles. The second-order valence-corrected chi connectivity index (χ2v) is 7.56. The Kier molecular flexibility index (Phi) is 3.63. The van der Waals surface area contributed by atoms with Gasteiger partial charge in [-0.3, -0.25) is 4.79 Å². The van der Waals surface area contributed by atoms with Gasteiger partial charge in [0.25, 0.3) is 0 Å². The number of carbonyl (C=O) groups is 1. The molecule has 0 heterocycles. The Morgan fingerprint density at radius 1 is 1.26 bits per heavy atom. The summed E-state index contributed by atoms with van der Waals surface area (Å²) in [5.74, 6) is 1.97. The highest BCUT2D eigenvalue weighted by Crippen LogP contribution is 2.71. The van der Waals surface area contributed by atoms with Gasteiger partial charge in [-0.2, -0.15) is 0 Å². The quantitative estimate of drug-likeness (QED) is 0.587. The van der Waals surface area contributed by atoms with Crippen LogP contribution in [-0.2, 0) is 4.79 Å². The lowest BCUT2D eigenvalue weighted by atomic mass is 9.78. The third kappa shape index (κ3) is 2.54. The van der Waals surface area contributed by atoms with Crippen molar-refractivity contribution in [2.24, 2.45) is 17.3 Å². The van der Waals surface area contributed by atoms with Crippen LogP contribution in [0.2, 0.25) is 0 Å². The van der Waals surface area contributed by atoms with Gasteiger partial charge in [-0.05, 0) is 61.0 Å². The fraction of sp³-hybridized carbons (Fsp3) is 0.476. The zero-order valence-electron chi connectivity index (χ0n) is 13.7. The molecule has 2 bridgehead atoms. The van der Waals surface area contributed by atoms with E-state index >= 15 is 0 Å². The van der Waals surface area contributed by atoms with Crippen molar-refractivity contribution in [2.45, 2.75) is 38.1 Å². The Hall–Kier alpha value is -1.83. The first-order valence-electron chi connectivity index (χ1n) is 8.87. The van der Waals surface area contributed by atoms with E-state index in [4.69, 9.17) is 0 Å². The van der Waals surface area contributed by atoms with E-state index in [2.05, 4.69) is 11.5 Å². The van der Waals surface area contributed by atoms with Gasteiger partial charge in [0.1, 0.15) is 0 Å². The van der Waals surface area contributed by atoms with Crippen LogP contribution in [0.3, 0.4) is 0 Å². The molecule has 2 heteroatoms. The number of benzene rings is 1. The third-order valence-corrected chi connectivity index (χ3v) is 6.28. The smallest absolute Gasteiger partial charge is 0.247 e. The first-order chi connectivity index (χ1) is 11.2. The zero-order valence-corrected chi connectivity index (χ0v) is 13.7. The molecule has 0 aliphatic heterocycles. The van der Waals surface area contributed by atoms with Crippen LogP contribution in [0.5, 0.6) is 0 Å². The van der Waals surface area contributed by atoms with Crippen LogP contribution < -0.4 is 0 Å². The minimum atomic E-state index is 0.143. The van der Waals surface area contributed by atoms with Gasteiger partial charge in [0.15, 0.2) is 0 Å². The maximum Gasteiger partial charge on any atom is 0.247 e. The molecule has 1 spiro atoms. The third-order valence-electron chi connectivity index (χ3n) is 6.28. The number of nitrogens with zero attached hydrogens (tertiary/aromatic N) is 1. The largest absolute Gasteiger partial charge is 0.332 e. The van der Waals surface area contributed by atoms with Gasteiger partial charge in [-0.1, -0.05) is 36.4 Å². The average Bonchev–Trinajstić information content (AvgIpc) is 3.16. The highest BCUT2D eigenvalue weighted by Gasteiger charge is 2.66. The van der Waals surface area contributed by atoms with E-state index in [0.717, 1.165) is 17.4 Å². The van der Waals surface area contributed by atoms with Gasteiger partial charge in [0.2, 0.25) is 5.91 Å². The number of fused-ring (bicyclic) bond motifs is 1. The molecule has 0 N–H and O–H groups in total. The Morgan fingerprint density at radius 2 is 2.09 bits per heavy atom. The number of hydrogen-bond donors (Lipinski definition) is 0. The standard InChI is InChI=1S/C21H25NO/c1-2-12-22(20(23)11-9-16-6-4-3-5-7-16)19-10-8-17-13-18-15-21(18,19)14-17/h2-7,9,11,17-19H,1,8,10,12-15H2/b11-9+. The minimum Gasteiger partial charge on any atom is -0.332 e. The van der Waals surface area contributed by atoms with Gasteiger partial charge in [-0.15, -0.1) is 6.58 Å². The molecular formula is C21H25NO. The van der Waals surface area contributed by atoms with E-state index in [1.807, 2.05) is 42.5 Å². The van der Waals surface area contributed by atoms with E-state index in [0.29, 0.717) is 18.0 Å². The molecule has 23 heavy (non-hydrogen) atoms. The summed E-state index contributed by atoms with van der Waals surface area (Å²) < 4.78 is 0. The van der Waals surface area contributed by atoms with Crippen molar-refractivity contribution in [1.29, 1.82) is 0 Å². The van der Waals surface area contributed by atoms with E-state index in [-0.39, 0.29) is 5.91 Å². The molecule has 4 unspecified atom stereocenters. The molecule has 0 aromatic heterocycles. The Morgan fingerprint density at radius 3 is 2.87 bits per heavy atom. The molecule has 3 aliphatic rings. The minimum absolute atomic E-state index is 0.143. The van der Waals surface area contributed by atoms with E-state index in [9.17, 15) is 4.79 Å². The summed E-state index contributed by atoms with van der Waals surface area (Å²) in [6, 6.07) is 10.5. The number of amides is 1. The normalized spacial score (nSPS) is 34.2. The molecule has 0 radical (unpaired) electrons. The van der Waals surface area contributed by atoms with E-state index in [1.54, 1.807) is 6.08 Å². The van der Waals surface area contributed by atoms with Gasteiger partial charge in [0.05, 0.1) is 0 Å². The summed E-state index contributed by atoms with van der Waals surface area (Å²) in [5, 5.41) is 0. The van der Waals surface area contributed by atoms with Crippen molar-refractivity contribution in [3.05, 3.63) is 54.6 Å². The number of hydrogen-bond acceptors (Lipinski definition) is 1. The summed E-state index contributed by atoms with van der Waals surface area (Å²) >= 11 is 0. The average molecular weight is 307 g/mol. The predicted octanol–water partition coefficient (Wildman–Crippen LogP) is 4.29. The predicted molar refractivity (Wildman–Crippen MR) is 93.7 cm³/mol. The maximum absolute atomic E-state index is 12.8. The topological polar surface area (TPSA) is 20.3 Å². The van der Waals surface area contributed by atoms with E-state index in [1.165, 1.54) is 32.1 Å². The highest BCUT2D eigenvalue weighted by atomic mass is 16.2. The summed E-state index contributed by atoms with van der Waals surface area (Å²) in [6.45, 7) is 4.54. The lowest BCUT2D eigenvalue weighted by molar-refractivity contribution is -0.130. The SMILES string of the molecule is C=CCN(C(=O)/C=C/c1ccccc1)C1CCC2CC3CC31C2. The van der Waals surface area contributed by atoms with Crippen molar-refractivity contribution in [2.75, 3.05) is 6.54 Å². The molecule has 3 saturated carbocycles. The van der Waals surface area contributed by atoms with Gasteiger partial charge in [0, 0.05) is 18.7 Å². The van der Waals surface area contributed by atoms with Crippen molar-refractivity contribution < 1.29 is 4.79 Å². The van der Waals surface area contributed by atoms with Gasteiger partial charge >= 0.3 is 0 Å². The Labute approximate surface area is 138 Å². The molecule has 1 aromatic rings. The lowest BCUT2D eigenvalue weighted by Gasteiger charge is -2.40. The molecule has 4 atom stereocenters. The van der Waals surface area contributed by atoms with Crippen molar-refractivity contribution >= 4 is 12.0 Å². The summed E-state index contributed by atoms with van der Waals surface area (Å²) in [5.41, 5.74) is 1.54. The lowest BCUT2D eigenvalue weighted by Crippen LogP contribution is -2.47. The van der Waals surface area contributed by atoms with E-state index < -0.39 is 0 Å². The van der Waals surface area contributed by atoms with Crippen molar-refractivity contribution in [3.8, 4) is 0 Å². The summed E-state index contributed by atoms with van der Waals surface area (Å²) in [7, 11) is 0. The monoisotopic (exact) mass is 307 g/mol. The van der Waals surface area contributed by atoms with Crippen LogP contribution in [-0.4, -0.2) is 23.4 Å². The van der Waals surface area contributed by atoms with Crippen LogP contribution in [0, 0.1) is 17.3 Å². The molecular weight excluding hydrogens is 282 g/mol. The van der Waals surface area contributed by atoms with Crippen LogP contribution in [0.25, 0.3) is 6.08 Å². The highest BCUT2D eigenvalue weighted by molar-refractivity contribution is 5.92. The van der Waals surface area contributed by atoms with Crippen LogP contribution >= 0.6 is 0 Å². The zero-order chi connectivity index (χ0) is 15.9. The van der Waals surface area contributed by atoms with Crippen LogP contribution in [0.15, 0.2) is 49.1 Å². The number of carbonyl (C=O) groups excluding carboxylic acids is 1. The molecule has 3 fully saturated rings. The second-order valence-electron chi connectivity index (χ2n) is 7.56. The summed E-state index contributed by atoms with van der Waals surface area (Å²) in [4.78, 5) is 14.9. The van der Waals surface area contributed by atoms with Crippen molar-refractivity contribution in [3.63, 3.8) is 0 Å². The molecule has 1 amide bonds. The van der Waals surface area contributed by atoms with Gasteiger partial charge < -0.3 is 4.90 Å². The van der Waals surface area contributed by atoms with Crippen molar-refractivity contribution in [1.82, 2.24) is 4.90 Å². The Bertz CT molecular complexity index is 635. The fourth-order valence-electron chi connectivity index (χ4n) is 5.24. The summed E-state index contributed by atoms with van der Waals surface area (Å²) in [6.07, 6.45) is 12.1.